The number of guanidine groups is 1. The van der Waals surface area contributed by atoms with E-state index in [9.17, 15) is 29.2 Å². The van der Waals surface area contributed by atoms with E-state index in [1.807, 2.05) is 42.3 Å². The van der Waals surface area contributed by atoms with Crippen molar-refractivity contribution in [2.24, 2.45) is 15.9 Å². The molecule has 0 radical (unpaired) electrons. The number of fused-ring (bicyclic) bond motifs is 2. The minimum absolute atomic E-state index is 0.00954. The molecule has 18 nitrogen and oxygen atoms in total. The fourth-order valence-corrected chi connectivity index (χ4v) is 10.7. The van der Waals surface area contributed by atoms with E-state index in [0.29, 0.717) is 73.2 Å². The van der Waals surface area contributed by atoms with Gasteiger partial charge in [-0.2, -0.15) is 4.99 Å². The quantitative estimate of drug-likeness (QED) is 0.0802. The third kappa shape index (κ3) is 9.76. The predicted octanol–water partition coefficient (Wildman–Crippen LogP) is 2.88. The molecule has 5 amide bonds. The molecule has 68 heavy (non-hydrogen) atoms. The van der Waals surface area contributed by atoms with Crippen LogP contribution in [0.3, 0.4) is 0 Å². The van der Waals surface area contributed by atoms with E-state index in [-0.39, 0.29) is 66.1 Å². The molecular formula is C49H60BrN11O7. The number of amidine groups is 1. The first-order valence-corrected chi connectivity index (χ1v) is 24.5. The van der Waals surface area contributed by atoms with Crippen LogP contribution >= 0.6 is 15.9 Å². The molecular weight excluding hydrogens is 935 g/mol. The lowest BCUT2D eigenvalue weighted by molar-refractivity contribution is -0.891. The van der Waals surface area contributed by atoms with Crippen molar-refractivity contribution in [2.45, 2.75) is 95.2 Å². The number of amides is 5. The average molecular weight is 995 g/mol. The summed E-state index contributed by atoms with van der Waals surface area (Å²) in [5.41, 5.74) is 3.76. The van der Waals surface area contributed by atoms with Crippen LogP contribution in [0.2, 0.25) is 0 Å². The van der Waals surface area contributed by atoms with Crippen molar-refractivity contribution >= 4 is 68.6 Å². The maximum absolute atomic E-state index is 13.8. The molecule has 0 aromatic heterocycles. The molecule has 5 atom stereocenters. The number of aliphatic imine (C=N–C) groups is 2. The third-order valence-corrected chi connectivity index (χ3v) is 15.1. The first-order chi connectivity index (χ1) is 32.8. The lowest BCUT2D eigenvalue weighted by Gasteiger charge is -2.47. The van der Waals surface area contributed by atoms with Gasteiger partial charge in [0.2, 0.25) is 29.6 Å². The topological polar surface area (TPSA) is 208 Å². The van der Waals surface area contributed by atoms with Gasteiger partial charge >= 0.3 is 0 Å². The summed E-state index contributed by atoms with van der Waals surface area (Å²) in [6.07, 6.45) is 3.78. The number of nitrogens with zero attached hydrogens (tertiary/aromatic N) is 6. The number of anilines is 2. The van der Waals surface area contributed by atoms with E-state index >= 15 is 0 Å². The fraction of sp³-hybridized carbons (Fsp3) is 0.490. The largest absolute Gasteiger partial charge is 0.634 e. The van der Waals surface area contributed by atoms with E-state index in [2.05, 4.69) is 66.1 Å². The molecule has 3 aromatic rings. The number of ether oxygens (including phenoxy) is 1. The SMILES string of the molecule is COc1cc(C[NH+]([O-])C2CCN(CCNCCCC(=O)Nc3cccc4c3CN(C3CCC(=O)NC3=O)C4=O)CC2)ccc1NC1=NCC2C(=N1)N(Cc1ccc(Br)cc1)C1(CC1C)C(=O)N2C. The van der Waals surface area contributed by atoms with Gasteiger partial charge in [-0.15, -0.1) is 0 Å². The highest BCUT2D eigenvalue weighted by Crippen LogP contribution is 2.53. The van der Waals surface area contributed by atoms with Crippen LogP contribution in [-0.2, 0) is 38.8 Å². The molecule has 360 valence electrons. The summed E-state index contributed by atoms with van der Waals surface area (Å²) in [6.45, 7) is 7.56. The summed E-state index contributed by atoms with van der Waals surface area (Å²) in [4.78, 5) is 81.6. The van der Waals surface area contributed by atoms with E-state index in [0.717, 1.165) is 66.9 Å². The third-order valence-electron chi connectivity index (χ3n) is 14.5. The number of likely N-dealkylation sites (tertiary alicyclic amines) is 1. The maximum atomic E-state index is 13.8. The van der Waals surface area contributed by atoms with E-state index < -0.39 is 17.5 Å². The second-order valence-corrected chi connectivity index (χ2v) is 19.8. The van der Waals surface area contributed by atoms with Crippen LogP contribution in [0.1, 0.15) is 78.9 Å². The van der Waals surface area contributed by atoms with Crippen LogP contribution in [0.25, 0.3) is 0 Å². The number of likely N-dealkylation sites (N-methyl/N-ethyl adjacent to an activating group) is 1. The van der Waals surface area contributed by atoms with Gasteiger partial charge in [0, 0.05) is 98.8 Å². The minimum Gasteiger partial charge on any atom is -0.634 e. The monoisotopic (exact) mass is 993 g/mol. The van der Waals surface area contributed by atoms with Gasteiger partial charge in [0.05, 0.1) is 25.4 Å². The highest BCUT2D eigenvalue weighted by molar-refractivity contribution is 9.10. The smallest absolute Gasteiger partial charge is 0.255 e. The Kier molecular flexibility index (Phi) is 14.0. The Bertz CT molecular complexity index is 2510. The summed E-state index contributed by atoms with van der Waals surface area (Å²) in [7, 11) is 3.47. The second kappa shape index (κ2) is 20.1. The minimum atomic E-state index is -0.715. The number of quaternary nitrogens is 1. The van der Waals surface area contributed by atoms with Crippen LogP contribution in [0.15, 0.2) is 75.1 Å². The van der Waals surface area contributed by atoms with Gasteiger partial charge in [-0.25, -0.2) is 4.99 Å². The summed E-state index contributed by atoms with van der Waals surface area (Å²) in [6, 6.07) is 18.2. The Morgan fingerprint density at radius 1 is 1.00 bits per heavy atom. The second-order valence-electron chi connectivity index (χ2n) is 18.9. The number of methoxy groups -OCH3 is 1. The van der Waals surface area contributed by atoms with Crippen molar-refractivity contribution in [3.63, 3.8) is 0 Å². The molecule has 3 saturated heterocycles. The number of halogens is 1. The van der Waals surface area contributed by atoms with Gasteiger partial charge in [-0.3, -0.25) is 29.3 Å². The molecule has 5 aliphatic heterocycles. The number of hydrogen-bond acceptors (Lipinski definition) is 13. The standard InChI is InChI=1S/C49H60BrN11O7/c1-30-25-49(30)47(66)57(2)40-26-52-48(56-44(40)60(49)27-31-9-12-33(50)13-10-31)54-38-14-11-32(24-41(38)68-3)28-61(67)34-17-21-58(22-18-34)23-20-51-19-5-8-42(62)53-37-7-4-6-35-36(37)29-59(46(35)65)39-15-16-43(63)55-45(39)64/h4,6-7,9-14,24,30,34,39-40,51,61H,5,8,15-23,25-29H2,1-3H3,(H,52,54)(H,53,62)(H,55,63,64). The summed E-state index contributed by atoms with van der Waals surface area (Å²) >= 11 is 3.53. The molecule has 5 unspecified atom stereocenters. The number of carbonyl (C=O) groups is 5. The Morgan fingerprint density at radius 2 is 1.76 bits per heavy atom. The number of piperazine rings is 1. The molecule has 4 fully saturated rings. The normalized spacial score (nSPS) is 24.3. The highest BCUT2D eigenvalue weighted by Gasteiger charge is 2.67. The van der Waals surface area contributed by atoms with Crippen molar-refractivity contribution in [1.29, 1.82) is 0 Å². The Hall–Kier alpha value is -5.73. The lowest BCUT2D eigenvalue weighted by atomic mass is 9.99. The van der Waals surface area contributed by atoms with Crippen molar-refractivity contribution < 1.29 is 33.8 Å². The first-order valence-electron chi connectivity index (χ1n) is 23.7. The van der Waals surface area contributed by atoms with Gasteiger partial charge in [0.15, 0.2) is 0 Å². The number of hydrogen-bond donors (Lipinski definition) is 5. The number of piperidine rings is 2. The molecule has 9 rings (SSSR count). The number of imide groups is 1. The molecule has 6 aliphatic rings. The summed E-state index contributed by atoms with van der Waals surface area (Å²) in [5, 5.41) is 25.9. The summed E-state index contributed by atoms with van der Waals surface area (Å²) < 4.78 is 6.81. The van der Waals surface area contributed by atoms with Crippen LogP contribution in [-0.4, -0.2) is 138 Å². The van der Waals surface area contributed by atoms with Crippen LogP contribution in [0.5, 0.6) is 5.75 Å². The first kappa shape index (κ1) is 47.3. The van der Waals surface area contributed by atoms with Crippen LogP contribution in [0.4, 0.5) is 11.4 Å². The number of rotatable bonds is 16. The zero-order valence-corrected chi connectivity index (χ0v) is 40.4. The lowest BCUT2D eigenvalue weighted by Crippen LogP contribution is -3.10. The number of benzene rings is 3. The van der Waals surface area contributed by atoms with Gasteiger partial charge in [0.25, 0.3) is 5.91 Å². The number of carbonyl (C=O) groups excluding carboxylic acids is 5. The van der Waals surface area contributed by atoms with Crippen molar-refractivity contribution in [1.82, 2.24) is 30.2 Å². The van der Waals surface area contributed by atoms with Crippen LogP contribution in [0, 0.1) is 11.1 Å². The molecule has 5 heterocycles. The number of nitrogens with one attached hydrogen (secondary N) is 5. The van der Waals surface area contributed by atoms with Gasteiger partial charge in [-0.05, 0) is 73.7 Å². The number of hydroxylamine groups is 2. The molecule has 5 N–H and O–H groups in total. The zero-order valence-electron chi connectivity index (χ0n) is 38.8. The average Bonchev–Trinajstić information content (AvgIpc) is 3.89. The fourth-order valence-electron chi connectivity index (χ4n) is 10.5. The molecule has 1 saturated carbocycles. The van der Waals surface area contributed by atoms with Gasteiger partial charge in [0.1, 0.15) is 35.8 Å². The van der Waals surface area contributed by atoms with Crippen molar-refractivity contribution in [3.05, 3.63) is 92.6 Å². The molecule has 0 bridgehead atoms. The Morgan fingerprint density at radius 3 is 2.50 bits per heavy atom. The van der Waals surface area contributed by atoms with Gasteiger partial charge in [-0.1, -0.05) is 47.1 Å². The Balaban J connectivity index is 0.702. The van der Waals surface area contributed by atoms with Crippen LogP contribution < -0.4 is 31.1 Å². The molecule has 1 spiro atoms. The van der Waals surface area contributed by atoms with E-state index in [1.54, 1.807) is 25.3 Å². The van der Waals surface area contributed by atoms with E-state index in [4.69, 9.17) is 14.7 Å². The molecule has 19 heteroatoms. The Labute approximate surface area is 404 Å². The highest BCUT2D eigenvalue weighted by atomic mass is 79.9. The van der Waals surface area contributed by atoms with Gasteiger partial charge < -0.3 is 50.6 Å². The maximum Gasteiger partial charge on any atom is 0.255 e. The van der Waals surface area contributed by atoms with Crippen molar-refractivity contribution in [2.75, 3.05) is 64.1 Å². The van der Waals surface area contributed by atoms with E-state index in [1.165, 1.54) is 4.90 Å². The zero-order chi connectivity index (χ0) is 47.7. The van der Waals surface area contributed by atoms with Crippen molar-refractivity contribution in [3.8, 4) is 5.75 Å². The predicted molar refractivity (Wildman–Crippen MR) is 260 cm³/mol. The molecule has 1 aliphatic carbocycles. The summed E-state index contributed by atoms with van der Waals surface area (Å²) in [5.74, 6) is 0.963. The molecule has 3 aromatic carbocycles.